The van der Waals surface area contributed by atoms with Crippen molar-refractivity contribution in [1.82, 2.24) is 9.97 Å². The van der Waals surface area contributed by atoms with Gasteiger partial charge in [0.25, 0.3) is 5.56 Å². The van der Waals surface area contributed by atoms with Gasteiger partial charge in [-0.25, -0.2) is 4.98 Å². The Balaban J connectivity index is 2.98. The molecule has 0 aromatic carbocycles. The molecule has 4 nitrogen and oxygen atoms in total. The molecule has 0 amide bonds. The zero-order valence-corrected chi connectivity index (χ0v) is 10.0. The van der Waals surface area contributed by atoms with Crippen molar-refractivity contribution in [3.8, 4) is 5.88 Å². The summed E-state index contributed by atoms with van der Waals surface area (Å²) in [6.45, 7) is 5.91. The molecule has 0 atom stereocenters. The lowest BCUT2D eigenvalue weighted by Crippen LogP contribution is -2.28. The molecule has 0 radical (unpaired) electrons. The first-order chi connectivity index (χ1) is 6.46. The molecule has 14 heavy (non-hydrogen) atoms. The largest absolute Gasteiger partial charge is 0.471 e. The van der Waals surface area contributed by atoms with Crippen LogP contribution < -0.4 is 10.3 Å². The smallest absolute Gasteiger partial charge is 0.268 e. The maximum absolute atomic E-state index is 11.2. The molecule has 0 saturated carbocycles. The van der Waals surface area contributed by atoms with Crippen LogP contribution in [0.5, 0.6) is 5.88 Å². The molecule has 0 saturated heterocycles. The molecular weight excluding hydrogens is 248 g/mol. The van der Waals surface area contributed by atoms with E-state index in [4.69, 9.17) is 4.74 Å². The molecule has 1 rings (SSSR count). The van der Waals surface area contributed by atoms with Gasteiger partial charge in [-0.3, -0.25) is 4.79 Å². The SMILES string of the molecule is CCC(C)(C)Oc1nc[nH]c(=O)c1Br. The number of halogens is 1. The van der Waals surface area contributed by atoms with Gasteiger partial charge in [-0.2, -0.15) is 0 Å². The van der Waals surface area contributed by atoms with Gasteiger partial charge in [0.1, 0.15) is 10.1 Å². The van der Waals surface area contributed by atoms with Crippen LogP contribution in [0.4, 0.5) is 0 Å². The summed E-state index contributed by atoms with van der Waals surface area (Å²) in [5.74, 6) is 0.334. The van der Waals surface area contributed by atoms with E-state index < -0.39 is 0 Å². The second kappa shape index (κ2) is 4.13. The second-order valence-electron chi connectivity index (χ2n) is 3.57. The molecule has 0 fully saturated rings. The van der Waals surface area contributed by atoms with Crippen LogP contribution in [0.15, 0.2) is 15.6 Å². The van der Waals surface area contributed by atoms with E-state index in [1.165, 1.54) is 6.33 Å². The highest BCUT2D eigenvalue weighted by atomic mass is 79.9. The summed E-state index contributed by atoms with van der Waals surface area (Å²) in [7, 11) is 0. The molecule has 78 valence electrons. The predicted octanol–water partition coefficient (Wildman–Crippen LogP) is 2.10. The van der Waals surface area contributed by atoms with Gasteiger partial charge < -0.3 is 9.72 Å². The van der Waals surface area contributed by atoms with E-state index >= 15 is 0 Å². The lowest BCUT2D eigenvalue weighted by molar-refractivity contribution is 0.0975. The molecule has 0 aliphatic heterocycles. The highest BCUT2D eigenvalue weighted by Gasteiger charge is 2.19. The third-order valence-electron chi connectivity index (χ3n) is 1.99. The zero-order chi connectivity index (χ0) is 10.8. The zero-order valence-electron chi connectivity index (χ0n) is 8.43. The summed E-state index contributed by atoms with van der Waals surface area (Å²) in [5, 5.41) is 0. The Bertz CT molecular complexity index is 373. The van der Waals surface area contributed by atoms with Crippen molar-refractivity contribution >= 4 is 15.9 Å². The summed E-state index contributed by atoms with van der Waals surface area (Å²) >= 11 is 3.13. The van der Waals surface area contributed by atoms with Gasteiger partial charge in [-0.1, -0.05) is 6.92 Å². The minimum absolute atomic E-state index is 0.234. The molecule has 1 aromatic heterocycles. The van der Waals surface area contributed by atoms with Gasteiger partial charge in [0, 0.05) is 0 Å². The number of nitrogens with zero attached hydrogens (tertiary/aromatic N) is 1. The van der Waals surface area contributed by atoms with Gasteiger partial charge in [0.15, 0.2) is 0 Å². The average Bonchev–Trinajstić information content (AvgIpc) is 2.13. The Morgan fingerprint density at radius 2 is 2.29 bits per heavy atom. The van der Waals surface area contributed by atoms with Crippen molar-refractivity contribution in [3.05, 3.63) is 21.2 Å². The van der Waals surface area contributed by atoms with E-state index in [1.54, 1.807) is 0 Å². The van der Waals surface area contributed by atoms with Crippen LogP contribution in [0.1, 0.15) is 27.2 Å². The van der Waals surface area contributed by atoms with Gasteiger partial charge in [0.05, 0.1) is 6.33 Å². The summed E-state index contributed by atoms with van der Waals surface area (Å²) in [6, 6.07) is 0. The maximum atomic E-state index is 11.2. The summed E-state index contributed by atoms with van der Waals surface area (Å²) in [5.41, 5.74) is -0.551. The first kappa shape index (κ1) is 11.2. The molecule has 0 aliphatic rings. The Hall–Kier alpha value is -0.840. The number of ether oxygens (including phenoxy) is 1. The Morgan fingerprint density at radius 3 is 2.86 bits per heavy atom. The highest BCUT2D eigenvalue weighted by molar-refractivity contribution is 9.10. The fraction of sp³-hybridized carbons (Fsp3) is 0.556. The first-order valence-corrected chi connectivity index (χ1v) is 5.18. The lowest BCUT2D eigenvalue weighted by atomic mass is 10.1. The standard InChI is InChI=1S/C9H13BrN2O2/c1-4-9(2,3)14-8-6(10)7(13)11-5-12-8/h5H,4H2,1-3H3,(H,11,12,13). The van der Waals surface area contributed by atoms with Crippen LogP contribution in [0.25, 0.3) is 0 Å². The highest BCUT2D eigenvalue weighted by Crippen LogP contribution is 2.23. The van der Waals surface area contributed by atoms with Crippen LogP contribution in [0, 0.1) is 0 Å². The molecule has 0 aliphatic carbocycles. The normalized spacial score (nSPS) is 11.4. The number of hydrogen-bond donors (Lipinski definition) is 1. The number of rotatable bonds is 3. The van der Waals surface area contributed by atoms with E-state index in [0.29, 0.717) is 10.4 Å². The summed E-state index contributed by atoms with van der Waals surface area (Å²) in [4.78, 5) is 17.6. The molecule has 0 unspecified atom stereocenters. The minimum atomic E-state index is -0.316. The van der Waals surface area contributed by atoms with Crippen LogP contribution in [0.2, 0.25) is 0 Å². The predicted molar refractivity (Wildman–Crippen MR) is 57.6 cm³/mol. The average molecular weight is 261 g/mol. The Morgan fingerprint density at radius 1 is 1.64 bits per heavy atom. The van der Waals surface area contributed by atoms with E-state index in [-0.39, 0.29) is 11.2 Å². The fourth-order valence-corrected chi connectivity index (χ4v) is 1.07. The third kappa shape index (κ3) is 2.57. The van der Waals surface area contributed by atoms with Gasteiger partial charge in [-0.15, -0.1) is 0 Å². The number of hydrogen-bond acceptors (Lipinski definition) is 3. The van der Waals surface area contributed by atoms with Crippen LogP contribution in [0.3, 0.4) is 0 Å². The van der Waals surface area contributed by atoms with E-state index in [1.807, 2.05) is 20.8 Å². The van der Waals surface area contributed by atoms with E-state index in [2.05, 4.69) is 25.9 Å². The van der Waals surface area contributed by atoms with Crippen LogP contribution >= 0.6 is 15.9 Å². The molecule has 0 spiro atoms. The molecule has 1 heterocycles. The number of aromatic amines is 1. The van der Waals surface area contributed by atoms with Crippen molar-refractivity contribution in [1.29, 1.82) is 0 Å². The molecule has 1 aromatic rings. The Kier molecular flexibility index (Phi) is 3.31. The lowest BCUT2D eigenvalue weighted by Gasteiger charge is -2.24. The third-order valence-corrected chi connectivity index (χ3v) is 2.69. The number of aromatic nitrogens is 2. The van der Waals surface area contributed by atoms with E-state index in [9.17, 15) is 4.79 Å². The molecular formula is C9H13BrN2O2. The van der Waals surface area contributed by atoms with Gasteiger partial charge in [-0.05, 0) is 36.2 Å². The second-order valence-corrected chi connectivity index (χ2v) is 4.36. The minimum Gasteiger partial charge on any atom is -0.471 e. The van der Waals surface area contributed by atoms with Gasteiger partial charge in [0.2, 0.25) is 5.88 Å². The quantitative estimate of drug-likeness (QED) is 0.906. The number of nitrogens with one attached hydrogen (secondary N) is 1. The van der Waals surface area contributed by atoms with Crippen LogP contribution in [-0.4, -0.2) is 15.6 Å². The van der Waals surface area contributed by atoms with Crippen molar-refractivity contribution < 1.29 is 4.74 Å². The summed E-state index contributed by atoms with van der Waals surface area (Å²) in [6.07, 6.45) is 2.17. The van der Waals surface area contributed by atoms with Crippen molar-refractivity contribution in [2.75, 3.05) is 0 Å². The van der Waals surface area contributed by atoms with E-state index in [0.717, 1.165) is 6.42 Å². The maximum Gasteiger partial charge on any atom is 0.268 e. The Labute approximate surface area is 90.8 Å². The van der Waals surface area contributed by atoms with Crippen molar-refractivity contribution in [3.63, 3.8) is 0 Å². The van der Waals surface area contributed by atoms with Gasteiger partial charge >= 0.3 is 0 Å². The van der Waals surface area contributed by atoms with Crippen molar-refractivity contribution in [2.24, 2.45) is 0 Å². The fourth-order valence-electron chi connectivity index (χ4n) is 0.772. The monoisotopic (exact) mass is 260 g/mol. The first-order valence-electron chi connectivity index (χ1n) is 4.38. The topological polar surface area (TPSA) is 55.0 Å². The number of H-pyrrole nitrogens is 1. The van der Waals surface area contributed by atoms with Crippen LogP contribution in [-0.2, 0) is 0 Å². The van der Waals surface area contributed by atoms with Crippen molar-refractivity contribution in [2.45, 2.75) is 32.8 Å². The molecule has 1 N–H and O–H groups in total. The molecule has 0 bridgehead atoms. The molecule has 5 heteroatoms. The summed E-state index contributed by atoms with van der Waals surface area (Å²) < 4.78 is 5.92.